The number of Topliss-reactive ketones (excluding diaryl/α,β-unsaturated/α-hetero) is 1. The number of hydrogen-bond donors (Lipinski definition) is 1. The average Bonchev–Trinajstić information content (AvgIpc) is 3.31. The lowest BCUT2D eigenvalue weighted by Crippen LogP contribution is -2.46. The highest BCUT2D eigenvalue weighted by Gasteiger charge is 2.48. The molecule has 4 rings (SSSR count). The molecule has 2 aromatic rings. The van der Waals surface area contributed by atoms with E-state index in [4.69, 9.17) is 9.47 Å². The Hall–Kier alpha value is -3.35. The van der Waals surface area contributed by atoms with Crippen LogP contribution in [0.15, 0.2) is 42.5 Å². The van der Waals surface area contributed by atoms with Gasteiger partial charge < -0.3 is 14.8 Å². The van der Waals surface area contributed by atoms with Gasteiger partial charge in [0.2, 0.25) is 6.79 Å². The molecule has 2 atom stereocenters. The molecule has 0 saturated carbocycles. The third-order valence-corrected chi connectivity index (χ3v) is 6.06. The first kappa shape index (κ1) is 20.9. The highest BCUT2D eigenvalue weighted by molar-refractivity contribution is 6.11. The zero-order valence-corrected chi connectivity index (χ0v) is 17.9. The van der Waals surface area contributed by atoms with E-state index < -0.39 is 17.5 Å². The van der Waals surface area contributed by atoms with Gasteiger partial charge in [0.25, 0.3) is 5.91 Å². The Bertz CT molecular complexity index is 1030. The van der Waals surface area contributed by atoms with Crippen molar-refractivity contribution in [3.05, 3.63) is 59.2 Å². The Morgan fingerprint density at radius 1 is 1.13 bits per heavy atom. The topological polar surface area (TPSA) is 84.9 Å². The predicted octanol–water partition coefficient (Wildman–Crippen LogP) is 3.66. The van der Waals surface area contributed by atoms with Crippen molar-refractivity contribution in [1.29, 1.82) is 0 Å². The SMILES string of the molecule is CC[C@H](C)c1ccc(C(=O)CN2C(=O)N[C@@](C)(Cc3ccc4c(c3)OCO4)C2=O)cc1. The number of nitrogens with zero attached hydrogens (tertiary/aromatic N) is 1. The highest BCUT2D eigenvalue weighted by Crippen LogP contribution is 2.34. The monoisotopic (exact) mass is 422 g/mol. The van der Waals surface area contributed by atoms with Crippen LogP contribution in [0.4, 0.5) is 4.79 Å². The second-order valence-electron chi connectivity index (χ2n) is 8.37. The first-order valence-corrected chi connectivity index (χ1v) is 10.5. The molecule has 0 unspecified atom stereocenters. The van der Waals surface area contributed by atoms with Gasteiger partial charge in [0, 0.05) is 12.0 Å². The molecule has 0 radical (unpaired) electrons. The Morgan fingerprint density at radius 2 is 1.84 bits per heavy atom. The van der Waals surface area contributed by atoms with E-state index in [0.29, 0.717) is 23.0 Å². The van der Waals surface area contributed by atoms with Gasteiger partial charge in [-0.2, -0.15) is 0 Å². The second-order valence-corrected chi connectivity index (χ2v) is 8.37. The molecule has 3 amide bonds. The van der Waals surface area contributed by atoms with Crippen LogP contribution < -0.4 is 14.8 Å². The standard InChI is InChI=1S/C24H26N2O5/c1-4-15(2)17-6-8-18(9-7-17)19(27)13-26-22(28)24(3,25-23(26)29)12-16-5-10-20-21(11-16)31-14-30-20/h5-11,15H,4,12-14H2,1-3H3,(H,25,29)/t15-,24-/m0/s1. The normalized spacial score (nSPS) is 20.7. The molecule has 1 fully saturated rings. The summed E-state index contributed by atoms with van der Waals surface area (Å²) in [5.74, 6) is 0.992. The Labute approximate surface area is 181 Å². The van der Waals surface area contributed by atoms with Crippen molar-refractivity contribution in [1.82, 2.24) is 10.2 Å². The number of carbonyl (C=O) groups is 3. The molecule has 0 aliphatic carbocycles. The minimum atomic E-state index is -1.13. The minimum absolute atomic E-state index is 0.167. The number of urea groups is 1. The van der Waals surface area contributed by atoms with E-state index in [0.717, 1.165) is 22.4 Å². The number of ether oxygens (including phenoxy) is 2. The van der Waals surface area contributed by atoms with Gasteiger partial charge in [-0.3, -0.25) is 14.5 Å². The van der Waals surface area contributed by atoms with Crippen molar-refractivity contribution < 1.29 is 23.9 Å². The van der Waals surface area contributed by atoms with Crippen LogP contribution in [0, 0.1) is 0 Å². The molecule has 162 valence electrons. The number of carbonyl (C=O) groups excluding carboxylic acids is 3. The zero-order chi connectivity index (χ0) is 22.2. The lowest BCUT2D eigenvalue weighted by molar-refractivity contribution is -0.130. The average molecular weight is 422 g/mol. The lowest BCUT2D eigenvalue weighted by atomic mass is 9.92. The van der Waals surface area contributed by atoms with Crippen molar-refractivity contribution in [3.63, 3.8) is 0 Å². The van der Waals surface area contributed by atoms with Crippen molar-refractivity contribution in [3.8, 4) is 11.5 Å². The quantitative estimate of drug-likeness (QED) is 0.544. The van der Waals surface area contributed by atoms with Crippen LogP contribution in [0.25, 0.3) is 0 Å². The van der Waals surface area contributed by atoms with Crippen LogP contribution in [0.5, 0.6) is 11.5 Å². The molecule has 1 N–H and O–H groups in total. The molecule has 2 aromatic carbocycles. The third-order valence-electron chi connectivity index (χ3n) is 6.06. The highest BCUT2D eigenvalue weighted by atomic mass is 16.7. The molecule has 0 bridgehead atoms. The summed E-state index contributed by atoms with van der Waals surface area (Å²) < 4.78 is 10.7. The molecule has 0 aromatic heterocycles. The maximum Gasteiger partial charge on any atom is 0.325 e. The van der Waals surface area contributed by atoms with Gasteiger partial charge in [-0.25, -0.2) is 4.79 Å². The fourth-order valence-corrected chi connectivity index (χ4v) is 3.94. The summed E-state index contributed by atoms with van der Waals surface area (Å²) >= 11 is 0. The van der Waals surface area contributed by atoms with Gasteiger partial charge in [-0.05, 0) is 42.5 Å². The van der Waals surface area contributed by atoms with Crippen molar-refractivity contribution in [2.75, 3.05) is 13.3 Å². The summed E-state index contributed by atoms with van der Waals surface area (Å²) in [6, 6.07) is 12.2. The number of ketones is 1. The third kappa shape index (κ3) is 4.00. The number of nitrogens with one attached hydrogen (secondary N) is 1. The molecule has 0 spiro atoms. The second kappa shape index (κ2) is 8.06. The van der Waals surface area contributed by atoms with Gasteiger partial charge in [-0.15, -0.1) is 0 Å². The Kier molecular flexibility index (Phi) is 5.43. The summed E-state index contributed by atoms with van der Waals surface area (Å²) in [5.41, 5.74) is 1.34. The van der Waals surface area contributed by atoms with E-state index in [1.165, 1.54) is 0 Å². The van der Waals surface area contributed by atoms with Crippen LogP contribution >= 0.6 is 0 Å². The number of benzene rings is 2. The molecule has 2 aliphatic rings. The van der Waals surface area contributed by atoms with Crippen molar-refractivity contribution in [2.45, 2.75) is 45.1 Å². The molecular weight excluding hydrogens is 396 g/mol. The summed E-state index contributed by atoms with van der Waals surface area (Å²) in [5, 5.41) is 2.75. The van der Waals surface area contributed by atoms with Gasteiger partial charge in [-0.1, -0.05) is 44.2 Å². The molecule has 31 heavy (non-hydrogen) atoms. The van der Waals surface area contributed by atoms with E-state index in [-0.39, 0.29) is 25.5 Å². The van der Waals surface area contributed by atoms with Gasteiger partial charge in [0.15, 0.2) is 17.3 Å². The number of fused-ring (bicyclic) bond motifs is 1. The summed E-state index contributed by atoms with van der Waals surface area (Å²) in [7, 11) is 0. The Balaban J connectivity index is 1.45. The molecule has 2 aliphatic heterocycles. The predicted molar refractivity (Wildman–Crippen MR) is 114 cm³/mol. The van der Waals surface area contributed by atoms with Crippen LogP contribution in [-0.2, 0) is 11.2 Å². The molecule has 7 nitrogen and oxygen atoms in total. The van der Waals surface area contributed by atoms with E-state index in [1.54, 1.807) is 31.2 Å². The summed E-state index contributed by atoms with van der Waals surface area (Å²) in [6.07, 6.45) is 1.29. The van der Waals surface area contributed by atoms with Crippen LogP contribution in [-0.4, -0.2) is 41.5 Å². The van der Waals surface area contributed by atoms with E-state index in [9.17, 15) is 14.4 Å². The summed E-state index contributed by atoms with van der Waals surface area (Å²) in [4.78, 5) is 39.3. The van der Waals surface area contributed by atoms with Crippen LogP contribution in [0.2, 0.25) is 0 Å². The lowest BCUT2D eigenvalue weighted by Gasteiger charge is -2.22. The fraction of sp³-hybridized carbons (Fsp3) is 0.375. The molecule has 1 saturated heterocycles. The first-order valence-electron chi connectivity index (χ1n) is 10.5. The molecule has 7 heteroatoms. The van der Waals surface area contributed by atoms with Gasteiger partial charge in [0.05, 0.1) is 6.54 Å². The molecular formula is C24H26N2O5. The first-order chi connectivity index (χ1) is 14.8. The minimum Gasteiger partial charge on any atom is -0.454 e. The van der Waals surface area contributed by atoms with E-state index >= 15 is 0 Å². The number of amides is 3. The van der Waals surface area contributed by atoms with Crippen molar-refractivity contribution in [2.24, 2.45) is 0 Å². The number of imide groups is 1. The molecule has 2 heterocycles. The largest absolute Gasteiger partial charge is 0.454 e. The maximum atomic E-state index is 13.1. The van der Waals surface area contributed by atoms with Crippen LogP contribution in [0.3, 0.4) is 0 Å². The van der Waals surface area contributed by atoms with Crippen molar-refractivity contribution >= 4 is 17.7 Å². The maximum absolute atomic E-state index is 13.1. The zero-order valence-electron chi connectivity index (χ0n) is 17.9. The van der Waals surface area contributed by atoms with Gasteiger partial charge >= 0.3 is 6.03 Å². The Morgan fingerprint density at radius 3 is 2.55 bits per heavy atom. The summed E-state index contributed by atoms with van der Waals surface area (Å²) in [6.45, 7) is 5.79. The van der Waals surface area contributed by atoms with Crippen LogP contribution in [0.1, 0.15) is 54.6 Å². The number of hydrogen-bond acceptors (Lipinski definition) is 5. The smallest absolute Gasteiger partial charge is 0.325 e. The van der Waals surface area contributed by atoms with E-state index in [2.05, 4.69) is 19.2 Å². The van der Waals surface area contributed by atoms with E-state index in [1.807, 2.05) is 18.2 Å². The van der Waals surface area contributed by atoms with Gasteiger partial charge in [0.1, 0.15) is 5.54 Å². The number of rotatable bonds is 7. The fourth-order valence-electron chi connectivity index (χ4n) is 3.94.